The first-order valence-corrected chi connectivity index (χ1v) is 6.09. The number of thioether (sulfide) groups is 1. The summed E-state index contributed by atoms with van der Waals surface area (Å²) in [5.74, 6) is 4.01. The van der Waals surface area contributed by atoms with Crippen molar-refractivity contribution in [3.63, 3.8) is 0 Å². The Bertz CT molecular complexity index is 274. The number of hydrogen-bond donors (Lipinski definition) is 1. The number of pyridine rings is 1. The van der Waals surface area contributed by atoms with Gasteiger partial charge in [0.05, 0.1) is 0 Å². The van der Waals surface area contributed by atoms with Gasteiger partial charge in [0.1, 0.15) is 5.82 Å². The highest BCUT2D eigenvalue weighted by Gasteiger charge is 2.01. The molecule has 0 aliphatic carbocycles. The van der Waals surface area contributed by atoms with Crippen molar-refractivity contribution < 1.29 is 0 Å². The molecule has 14 heavy (non-hydrogen) atoms. The fourth-order valence-electron chi connectivity index (χ4n) is 1.18. The SMILES string of the molecule is CNc1ncccc1CSCC(C)C. The monoisotopic (exact) mass is 210 g/mol. The van der Waals surface area contributed by atoms with Crippen LogP contribution in [0.25, 0.3) is 0 Å². The van der Waals surface area contributed by atoms with Gasteiger partial charge in [0.2, 0.25) is 0 Å². The minimum atomic E-state index is 0.759. The molecule has 0 radical (unpaired) electrons. The van der Waals surface area contributed by atoms with E-state index in [-0.39, 0.29) is 0 Å². The smallest absolute Gasteiger partial charge is 0.129 e. The molecule has 0 aliphatic heterocycles. The molecule has 3 heteroatoms. The van der Waals surface area contributed by atoms with Crippen molar-refractivity contribution in [2.24, 2.45) is 5.92 Å². The molecular formula is C11H18N2S. The molecule has 0 aromatic carbocycles. The first-order chi connectivity index (χ1) is 6.74. The second-order valence-corrected chi connectivity index (χ2v) is 4.70. The number of anilines is 1. The lowest BCUT2D eigenvalue weighted by atomic mass is 10.3. The summed E-state index contributed by atoms with van der Waals surface area (Å²) >= 11 is 1.96. The van der Waals surface area contributed by atoms with E-state index < -0.39 is 0 Å². The van der Waals surface area contributed by atoms with Gasteiger partial charge in [-0.05, 0) is 17.7 Å². The van der Waals surface area contributed by atoms with Crippen LogP contribution in [0.1, 0.15) is 19.4 Å². The Morgan fingerprint density at radius 3 is 2.93 bits per heavy atom. The number of rotatable bonds is 5. The van der Waals surface area contributed by atoms with Gasteiger partial charge >= 0.3 is 0 Å². The van der Waals surface area contributed by atoms with Crippen molar-refractivity contribution in [1.29, 1.82) is 0 Å². The van der Waals surface area contributed by atoms with Crippen molar-refractivity contribution >= 4 is 17.6 Å². The molecule has 1 aromatic heterocycles. The van der Waals surface area contributed by atoms with E-state index in [9.17, 15) is 0 Å². The van der Waals surface area contributed by atoms with Crippen molar-refractivity contribution in [1.82, 2.24) is 4.98 Å². The molecule has 0 aliphatic rings. The molecule has 1 rings (SSSR count). The molecule has 0 saturated carbocycles. The molecule has 0 saturated heterocycles. The molecule has 1 aromatic rings. The summed E-state index contributed by atoms with van der Waals surface area (Å²) in [7, 11) is 1.92. The van der Waals surface area contributed by atoms with Crippen LogP contribution in [0, 0.1) is 5.92 Å². The van der Waals surface area contributed by atoms with E-state index >= 15 is 0 Å². The van der Waals surface area contributed by atoms with Crippen LogP contribution < -0.4 is 5.32 Å². The average molecular weight is 210 g/mol. The van der Waals surface area contributed by atoms with Crippen molar-refractivity contribution in [2.45, 2.75) is 19.6 Å². The Hall–Kier alpha value is -0.700. The summed E-state index contributed by atoms with van der Waals surface area (Å²) in [4.78, 5) is 4.27. The van der Waals surface area contributed by atoms with E-state index in [0.717, 1.165) is 17.5 Å². The zero-order chi connectivity index (χ0) is 10.4. The van der Waals surface area contributed by atoms with E-state index in [4.69, 9.17) is 0 Å². The second kappa shape index (κ2) is 5.91. The molecule has 0 amide bonds. The minimum absolute atomic E-state index is 0.759. The largest absolute Gasteiger partial charge is 0.373 e. The Kier molecular flexibility index (Phi) is 4.80. The van der Waals surface area contributed by atoms with Crippen LogP contribution in [-0.2, 0) is 5.75 Å². The van der Waals surface area contributed by atoms with Gasteiger partial charge in [-0.15, -0.1) is 0 Å². The van der Waals surface area contributed by atoms with Crippen LogP contribution in [0.4, 0.5) is 5.82 Å². The molecule has 0 unspecified atom stereocenters. The minimum Gasteiger partial charge on any atom is -0.373 e. The van der Waals surface area contributed by atoms with Crippen LogP contribution in [-0.4, -0.2) is 17.8 Å². The first-order valence-electron chi connectivity index (χ1n) is 4.93. The highest BCUT2D eigenvalue weighted by molar-refractivity contribution is 7.98. The van der Waals surface area contributed by atoms with Crippen molar-refractivity contribution in [3.8, 4) is 0 Å². The summed E-state index contributed by atoms with van der Waals surface area (Å²) < 4.78 is 0. The number of nitrogens with zero attached hydrogens (tertiary/aromatic N) is 1. The summed E-state index contributed by atoms with van der Waals surface area (Å²) in [6, 6.07) is 4.12. The van der Waals surface area contributed by atoms with Crippen LogP contribution in [0.2, 0.25) is 0 Å². The maximum Gasteiger partial charge on any atom is 0.129 e. The number of hydrogen-bond acceptors (Lipinski definition) is 3. The normalized spacial score (nSPS) is 10.6. The fourth-order valence-corrected chi connectivity index (χ4v) is 2.23. The van der Waals surface area contributed by atoms with E-state index in [1.807, 2.05) is 31.1 Å². The van der Waals surface area contributed by atoms with E-state index in [1.165, 1.54) is 11.3 Å². The van der Waals surface area contributed by atoms with Gasteiger partial charge in [0.25, 0.3) is 0 Å². The van der Waals surface area contributed by atoms with Gasteiger partial charge in [0.15, 0.2) is 0 Å². The summed E-state index contributed by atoms with van der Waals surface area (Å²) in [5.41, 5.74) is 1.29. The second-order valence-electron chi connectivity index (χ2n) is 3.67. The Morgan fingerprint density at radius 2 is 2.29 bits per heavy atom. The van der Waals surface area contributed by atoms with Gasteiger partial charge in [-0.3, -0.25) is 0 Å². The van der Waals surface area contributed by atoms with Crippen molar-refractivity contribution in [3.05, 3.63) is 23.9 Å². The third-order valence-electron chi connectivity index (χ3n) is 1.84. The summed E-state index contributed by atoms with van der Waals surface area (Å²) in [6.07, 6.45) is 1.82. The lowest BCUT2D eigenvalue weighted by molar-refractivity contribution is 0.750. The molecular weight excluding hydrogens is 192 g/mol. The standard InChI is InChI=1S/C11H18N2S/c1-9(2)7-14-8-10-5-4-6-13-11(10)12-3/h4-6,9H,7-8H2,1-3H3,(H,12,13). The van der Waals surface area contributed by atoms with Gasteiger partial charge < -0.3 is 5.32 Å². The predicted octanol–water partition coefficient (Wildman–Crippen LogP) is 3.01. The Balaban J connectivity index is 2.49. The Morgan fingerprint density at radius 1 is 1.50 bits per heavy atom. The van der Waals surface area contributed by atoms with Gasteiger partial charge in [-0.1, -0.05) is 19.9 Å². The quantitative estimate of drug-likeness (QED) is 0.808. The number of nitrogens with one attached hydrogen (secondary N) is 1. The molecule has 78 valence electrons. The zero-order valence-electron chi connectivity index (χ0n) is 9.08. The van der Waals surface area contributed by atoms with Crippen molar-refractivity contribution in [2.75, 3.05) is 18.1 Å². The van der Waals surface area contributed by atoms with Crippen LogP contribution in [0.3, 0.4) is 0 Å². The van der Waals surface area contributed by atoms with Crippen LogP contribution in [0.5, 0.6) is 0 Å². The molecule has 1 N–H and O–H groups in total. The Labute approximate surface area is 90.5 Å². The molecule has 0 fully saturated rings. The summed E-state index contributed by atoms with van der Waals surface area (Å²) in [5, 5.41) is 3.11. The zero-order valence-corrected chi connectivity index (χ0v) is 9.90. The van der Waals surface area contributed by atoms with E-state index in [2.05, 4.69) is 30.2 Å². The molecule has 0 spiro atoms. The molecule has 2 nitrogen and oxygen atoms in total. The van der Waals surface area contributed by atoms with E-state index in [0.29, 0.717) is 0 Å². The average Bonchev–Trinajstić information content (AvgIpc) is 2.18. The number of aromatic nitrogens is 1. The fraction of sp³-hybridized carbons (Fsp3) is 0.545. The molecule has 0 atom stereocenters. The lowest BCUT2D eigenvalue weighted by Crippen LogP contribution is -1.98. The topological polar surface area (TPSA) is 24.9 Å². The first kappa shape index (κ1) is 11.4. The highest BCUT2D eigenvalue weighted by atomic mass is 32.2. The van der Waals surface area contributed by atoms with Gasteiger partial charge in [-0.2, -0.15) is 11.8 Å². The predicted molar refractivity (Wildman–Crippen MR) is 64.8 cm³/mol. The maximum atomic E-state index is 4.27. The van der Waals surface area contributed by atoms with Gasteiger partial charge in [-0.25, -0.2) is 4.98 Å². The van der Waals surface area contributed by atoms with E-state index in [1.54, 1.807) is 0 Å². The molecule has 0 bridgehead atoms. The third-order valence-corrected chi connectivity index (χ3v) is 3.25. The molecule has 1 heterocycles. The maximum absolute atomic E-state index is 4.27. The van der Waals surface area contributed by atoms with Crippen LogP contribution >= 0.6 is 11.8 Å². The third kappa shape index (κ3) is 3.58. The summed E-state index contributed by atoms with van der Waals surface area (Å²) in [6.45, 7) is 4.49. The van der Waals surface area contributed by atoms with Crippen LogP contribution in [0.15, 0.2) is 18.3 Å². The van der Waals surface area contributed by atoms with Gasteiger partial charge in [0, 0.05) is 24.6 Å². The highest BCUT2D eigenvalue weighted by Crippen LogP contribution is 2.19. The lowest BCUT2D eigenvalue weighted by Gasteiger charge is -2.08.